The van der Waals surface area contributed by atoms with Gasteiger partial charge in [0.1, 0.15) is 0 Å². The van der Waals surface area contributed by atoms with Crippen molar-refractivity contribution < 1.29 is 4.79 Å². The molecule has 1 atom stereocenters. The maximum Gasteiger partial charge on any atom is 0.227 e. The van der Waals surface area contributed by atoms with Crippen LogP contribution in [-0.4, -0.2) is 18.3 Å². The maximum absolute atomic E-state index is 11.8. The molecule has 3 nitrogen and oxygen atoms in total. The second-order valence-electron chi connectivity index (χ2n) is 4.05. The van der Waals surface area contributed by atoms with Crippen LogP contribution in [0.4, 0.5) is 11.4 Å². The van der Waals surface area contributed by atoms with Gasteiger partial charge >= 0.3 is 0 Å². The second-order valence-corrected chi connectivity index (χ2v) is 5.18. The van der Waals surface area contributed by atoms with Crippen molar-refractivity contribution in [1.29, 1.82) is 0 Å². The van der Waals surface area contributed by atoms with Crippen molar-refractivity contribution in [3.05, 3.63) is 22.2 Å². The quantitative estimate of drug-likeness (QED) is 0.672. The molecule has 1 amide bonds. The van der Waals surface area contributed by atoms with Gasteiger partial charge in [0.25, 0.3) is 0 Å². The number of hydrogen-bond acceptors (Lipinski definition) is 2. The fourth-order valence-electron chi connectivity index (χ4n) is 1.88. The average Bonchev–Trinajstić information content (AvgIpc) is 2.65. The molecule has 0 aliphatic carbocycles. The standard InChI is InChI=1S/C11H11Cl3N2O/c12-4-6-1-11(17)16(5-6)10-3-7(13)9(15)2-8(10)14/h2-3,6H,1,4-5,15H2. The Kier molecular flexibility index (Phi) is 3.71. The van der Waals surface area contributed by atoms with Gasteiger partial charge in [-0.25, -0.2) is 0 Å². The summed E-state index contributed by atoms with van der Waals surface area (Å²) >= 11 is 17.8. The van der Waals surface area contributed by atoms with Crippen LogP contribution in [0, 0.1) is 5.92 Å². The Bertz CT molecular complexity index is 464. The molecule has 0 spiro atoms. The molecular weight excluding hydrogens is 282 g/mol. The number of carbonyl (C=O) groups is 1. The number of nitrogen functional groups attached to an aromatic ring is 1. The van der Waals surface area contributed by atoms with Crippen LogP contribution in [0.5, 0.6) is 0 Å². The Morgan fingerprint density at radius 1 is 1.35 bits per heavy atom. The predicted octanol–water partition coefficient (Wildman–Crippen LogP) is 3.17. The number of hydrogen-bond donors (Lipinski definition) is 1. The molecule has 92 valence electrons. The van der Waals surface area contributed by atoms with Crippen molar-refractivity contribution in [2.24, 2.45) is 5.92 Å². The van der Waals surface area contributed by atoms with E-state index in [2.05, 4.69) is 0 Å². The highest BCUT2D eigenvalue weighted by molar-refractivity contribution is 6.37. The van der Waals surface area contributed by atoms with Crippen LogP contribution in [0.15, 0.2) is 12.1 Å². The van der Waals surface area contributed by atoms with Crippen molar-refractivity contribution in [2.45, 2.75) is 6.42 Å². The molecule has 1 fully saturated rings. The van der Waals surface area contributed by atoms with Crippen LogP contribution in [0.3, 0.4) is 0 Å². The number of carbonyl (C=O) groups excluding carboxylic acids is 1. The first-order valence-corrected chi connectivity index (χ1v) is 6.42. The third-order valence-electron chi connectivity index (χ3n) is 2.78. The molecule has 0 radical (unpaired) electrons. The molecule has 1 heterocycles. The SMILES string of the molecule is Nc1cc(Cl)c(N2CC(CCl)CC2=O)cc1Cl. The molecule has 1 aliphatic heterocycles. The predicted molar refractivity (Wildman–Crippen MR) is 72.1 cm³/mol. The maximum atomic E-state index is 11.8. The fraction of sp³-hybridized carbons (Fsp3) is 0.364. The molecule has 0 aromatic heterocycles. The first-order valence-electron chi connectivity index (χ1n) is 5.13. The van der Waals surface area contributed by atoms with Gasteiger partial charge in [0.15, 0.2) is 0 Å². The average molecular weight is 294 g/mol. The number of alkyl halides is 1. The minimum atomic E-state index is 0.0124. The van der Waals surface area contributed by atoms with Gasteiger partial charge in [-0.2, -0.15) is 0 Å². The van der Waals surface area contributed by atoms with Crippen LogP contribution < -0.4 is 10.6 Å². The number of anilines is 2. The summed E-state index contributed by atoms with van der Waals surface area (Å²) in [5.74, 6) is 0.637. The second kappa shape index (κ2) is 4.92. The molecule has 1 unspecified atom stereocenters. The molecule has 6 heteroatoms. The molecule has 1 aromatic rings. The van der Waals surface area contributed by atoms with Crippen LogP contribution in [-0.2, 0) is 4.79 Å². The van der Waals surface area contributed by atoms with E-state index in [0.717, 1.165) is 0 Å². The topological polar surface area (TPSA) is 46.3 Å². The molecule has 1 aromatic carbocycles. The lowest BCUT2D eigenvalue weighted by atomic mass is 10.1. The summed E-state index contributed by atoms with van der Waals surface area (Å²) < 4.78 is 0. The Balaban J connectivity index is 2.35. The van der Waals surface area contributed by atoms with Crippen molar-refractivity contribution in [2.75, 3.05) is 23.1 Å². The Morgan fingerprint density at radius 2 is 2.06 bits per heavy atom. The highest BCUT2D eigenvalue weighted by atomic mass is 35.5. The molecule has 0 saturated carbocycles. The van der Waals surface area contributed by atoms with Gasteiger partial charge in [0, 0.05) is 18.8 Å². The summed E-state index contributed by atoms with van der Waals surface area (Å²) in [6.07, 6.45) is 0.446. The number of nitrogens with two attached hydrogens (primary N) is 1. The molecule has 17 heavy (non-hydrogen) atoms. The smallest absolute Gasteiger partial charge is 0.227 e. The monoisotopic (exact) mass is 292 g/mol. The van der Waals surface area contributed by atoms with Crippen LogP contribution in [0.1, 0.15) is 6.42 Å². The zero-order valence-corrected chi connectivity index (χ0v) is 11.2. The van der Waals surface area contributed by atoms with Crippen molar-refractivity contribution in [3.8, 4) is 0 Å². The fourth-order valence-corrected chi connectivity index (χ4v) is 2.52. The zero-order valence-electron chi connectivity index (χ0n) is 8.92. The summed E-state index contributed by atoms with van der Waals surface area (Å²) in [5.41, 5.74) is 6.64. The number of benzene rings is 1. The Labute approximate surface area is 114 Å². The molecule has 1 aliphatic rings. The van der Waals surface area contributed by atoms with Crippen molar-refractivity contribution in [3.63, 3.8) is 0 Å². The lowest BCUT2D eigenvalue weighted by Gasteiger charge is -2.18. The summed E-state index contributed by atoms with van der Waals surface area (Å²) in [6, 6.07) is 3.17. The van der Waals surface area contributed by atoms with E-state index < -0.39 is 0 Å². The van der Waals surface area contributed by atoms with Gasteiger partial charge in [-0.15, -0.1) is 11.6 Å². The highest BCUT2D eigenvalue weighted by Crippen LogP contribution is 2.36. The molecule has 1 saturated heterocycles. The van der Waals surface area contributed by atoms with Gasteiger partial charge in [-0.1, -0.05) is 23.2 Å². The van der Waals surface area contributed by atoms with Crippen LogP contribution in [0.25, 0.3) is 0 Å². The summed E-state index contributed by atoms with van der Waals surface area (Å²) in [7, 11) is 0. The summed E-state index contributed by atoms with van der Waals surface area (Å²) in [5, 5.41) is 0.821. The highest BCUT2D eigenvalue weighted by Gasteiger charge is 2.31. The summed E-state index contributed by atoms with van der Waals surface area (Å²) in [4.78, 5) is 13.4. The third-order valence-corrected chi connectivity index (χ3v) is 3.85. The summed E-state index contributed by atoms with van der Waals surface area (Å²) in [6.45, 7) is 0.572. The first-order chi connectivity index (χ1) is 8.02. The van der Waals surface area contributed by atoms with Crippen molar-refractivity contribution >= 4 is 52.1 Å². The lowest BCUT2D eigenvalue weighted by molar-refractivity contribution is -0.117. The van der Waals surface area contributed by atoms with Crippen molar-refractivity contribution in [1.82, 2.24) is 0 Å². The third kappa shape index (κ3) is 2.46. The van der Waals surface area contributed by atoms with E-state index in [1.807, 2.05) is 0 Å². The van der Waals surface area contributed by atoms with Gasteiger partial charge in [0.2, 0.25) is 5.91 Å². The first kappa shape index (κ1) is 12.8. The zero-order chi connectivity index (χ0) is 12.6. The molecular formula is C11H11Cl3N2O. The van der Waals surface area contributed by atoms with E-state index in [1.165, 1.54) is 0 Å². The molecule has 0 bridgehead atoms. The largest absolute Gasteiger partial charge is 0.397 e. The van der Waals surface area contributed by atoms with E-state index in [-0.39, 0.29) is 11.8 Å². The Morgan fingerprint density at radius 3 is 2.65 bits per heavy atom. The Hall–Kier alpha value is -0.640. The van der Waals surface area contributed by atoms with Gasteiger partial charge in [-0.05, 0) is 18.1 Å². The molecule has 2 N–H and O–H groups in total. The van der Waals surface area contributed by atoms with Crippen LogP contribution in [0.2, 0.25) is 10.0 Å². The van der Waals surface area contributed by atoms with Gasteiger partial charge in [0.05, 0.1) is 21.4 Å². The van der Waals surface area contributed by atoms with Gasteiger partial charge < -0.3 is 10.6 Å². The van der Waals surface area contributed by atoms with Gasteiger partial charge in [-0.3, -0.25) is 4.79 Å². The van der Waals surface area contributed by atoms with E-state index in [4.69, 9.17) is 40.5 Å². The number of nitrogens with zero attached hydrogens (tertiary/aromatic N) is 1. The van der Waals surface area contributed by atoms with E-state index >= 15 is 0 Å². The van der Waals surface area contributed by atoms with Crippen LogP contribution >= 0.6 is 34.8 Å². The normalized spacial score (nSPS) is 20.1. The minimum Gasteiger partial charge on any atom is -0.397 e. The number of rotatable bonds is 2. The number of halogens is 3. The van der Waals surface area contributed by atoms with E-state index in [0.29, 0.717) is 40.3 Å². The van der Waals surface area contributed by atoms with E-state index in [1.54, 1.807) is 17.0 Å². The minimum absolute atomic E-state index is 0.0124. The lowest BCUT2D eigenvalue weighted by Crippen LogP contribution is -2.25. The number of amides is 1. The van der Waals surface area contributed by atoms with E-state index in [9.17, 15) is 4.79 Å². The molecule has 2 rings (SSSR count).